The van der Waals surface area contributed by atoms with E-state index in [4.69, 9.17) is 0 Å². The van der Waals surface area contributed by atoms with Crippen molar-refractivity contribution >= 4 is 0 Å². The van der Waals surface area contributed by atoms with Crippen molar-refractivity contribution in [3.8, 4) is 0 Å². The lowest BCUT2D eigenvalue weighted by Crippen LogP contribution is -2.18. The fraction of sp³-hybridized carbons (Fsp3) is 0.353. The first-order valence-electron chi connectivity index (χ1n) is 7.07. The molecule has 0 amide bonds. The van der Waals surface area contributed by atoms with E-state index in [0.717, 1.165) is 19.5 Å². The van der Waals surface area contributed by atoms with Gasteiger partial charge in [-0.1, -0.05) is 43.3 Å². The summed E-state index contributed by atoms with van der Waals surface area (Å²) in [5.41, 5.74) is 2.67. The third-order valence-electron chi connectivity index (χ3n) is 3.33. The normalized spacial score (nSPS) is 12.3. The van der Waals surface area contributed by atoms with Gasteiger partial charge in [0.15, 0.2) is 0 Å². The molecule has 1 atom stereocenters. The van der Waals surface area contributed by atoms with Crippen molar-refractivity contribution in [2.45, 2.75) is 25.7 Å². The molecule has 0 saturated heterocycles. The standard InChI is InChI=1S/C17H22N2/c1-2-11-18-13-10-17(15-7-4-3-5-8-15)16-9-6-12-19-14-16/h3-9,12,14,17-18H,2,10-11,13H2,1H3. The van der Waals surface area contributed by atoms with E-state index >= 15 is 0 Å². The maximum Gasteiger partial charge on any atom is 0.0306 e. The molecule has 0 fully saturated rings. The van der Waals surface area contributed by atoms with Gasteiger partial charge in [-0.3, -0.25) is 4.98 Å². The number of pyridine rings is 1. The van der Waals surface area contributed by atoms with Gasteiger partial charge in [-0.05, 0) is 43.1 Å². The summed E-state index contributed by atoms with van der Waals surface area (Å²) in [4.78, 5) is 4.26. The lowest BCUT2D eigenvalue weighted by molar-refractivity contribution is 0.605. The predicted octanol–water partition coefficient (Wildman–Crippen LogP) is 3.60. The molecule has 0 radical (unpaired) electrons. The number of rotatable bonds is 7. The van der Waals surface area contributed by atoms with Gasteiger partial charge in [0.05, 0.1) is 0 Å². The second-order valence-corrected chi connectivity index (χ2v) is 4.79. The molecule has 2 rings (SSSR count). The van der Waals surface area contributed by atoms with Crippen LogP contribution in [0.3, 0.4) is 0 Å². The maximum absolute atomic E-state index is 4.26. The summed E-state index contributed by atoms with van der Waals surface area (Å²) in [7, 11) is 0. The molecular formula is C17H22N2. The number of nitrogens with one attached hydrogen (secondary N) is 1. The van der Waals surface area contributed by atoms with E-state index < -0.39 is 0 Å². The van der Waals surface area contributed by atoms with Gasteiger partial charge >= 0.3 is 0 Å². The Balaban J connectivity index is 2.10. The van der Waals surface area contributed by atoms with E-state index in [1.807, 2.05) is 18.5 Å². The second-order valence-electron chi connectivity index (χ2n) is 4.79. The molecule has 1 aromatic heterocycles. The van der Waals surface area contributed by atoms with Crippen molar-refractivity contribution in [1.82, 2.24) is 10.3 Å². The van der Waals surface area contributed by atoms with E-state index in [9.17, 15) is 0 Å². The fourth-order valence-corrected chi connectivity index (χ4v) is 2.34. The highest BCUT2D eigenvalue weighted by molar-refractivity contribution is 5.30. The third kappa shape index (κ3) is 4.18. The average molecular weight is 254 g/mol. The van der Waals surface area contributed by atoms with Crippen LogP contribution in [0, 0.1) is 0 Å². The van der Waals surface area contributed by atoms with Crippen LogP contribution in [0.25, 0.3) is 0 Å². The van der Waals surface area contributed by atoms with E-state index in [2.05, 4.69) is 53.6 Å². The van der Waals surface area contributed by atoms with Crippen molar-refractivity contribution in [3.05, 3.63) is 66.0 Å². The molecule has 0 aliphatic rings. The molecular weight excluding hydrogens is 232 g/mol. The molecule has 0 spiro atoms. The fourth-order valence-electron chi connectivity index (χ4n) is 2.34. The second kappa shape index (κ2) is 7.70. The van der Waals surface area contributed by atoms with Gasteiger partial charge < -0.3 is 5.32 Å². The van der Waals surface area contributed by atoms with Gasteiger partial charge in [0.25, 0.3) is 0 Å². The van der Waals surface area contributed by atoms with Crippen molar-refractivity contribution in [2.75, 3.05) is 13.1 Å². The number of benzene rings is 1. The van der Waals surface area contributed by atoms with E-state index in [1.54, 1.807) is 0 Å². The molecule has 2 nitrogen and oxygen atoms in total. The Hall–Kier alpha value is -1.67. The molecule has 0 bridgehead atoms. The van der Waals surface area contributed by atoms with Gasteiger partial charge in [-0.15, -0.1) is 0 Å². The number of hydrogen-bond acceptors (Lipinski definition) is 2. The zero-order valence-corrected chi connectivity index (χ0v) is 11.5. The molecule has 2 aromatic rings. The minimum Gasteiger partial charge on any atom is -0.317 e. The van der Waals surface area contributed by atoms with Crippen molar-refractivity contribution < 1.29 is 0 Å². The first-order chi connectivity index (χ1) is 9.42. The third-order valence-corrected chi connectivity index (χ3v) is 3.33. The van der Waals surface area contributed by atoms with Crippen LogP contribution in [0.4, 0.5) is 0 Å². The molecule has 1 N–H and O–H groups in total. The van der Waals surface area contributed by atoms with Gasteiger partial charge in [-0.25, -0.2) is 0 Å². The van der Waals surface area contributed by atoms with Crippen LogP contribution in [0.1, 0.15) is 36.8 Å². The number of hydrogen-bond donors (Lipinski definition) is 1. The van der Waals surface area contributed by atoms with Crippen molar-refractivity contribution in [3.63, 3.8) is 0 Å². The Morgan fingerprint density at radius 3 is 2.47 bits per heavy atom. The zero-order chi connectivity index (χ0) is 13.3. The summed E-state index contributed by atoms with van der Waals surface area (Å²) in [6.45, 7) is 4.33. The molecule has 1 aromatic carbocycles. The predicted molar refractivity (Wildman–Crippen MR) is 80.3 cm³/mol. The highest BCUT2D eigenvalue weighted by atomic mass is 14.8. The SMILES string of the molecule is CCCNCCC(c1ccccc1)c1cccnc1. The van der Waals surface area contributed by atoms with Gasteiger partial charge in [-0.2, -0.15) is 0 Å². The quantitative estimate of drug-likeness (QED) is 0.764. The first kappa shape index (κ1) is 13.8. The Morgan fingerprint density at radius 1 is 1.00 bits per heavy atom. The maximum atomic E-state index is 4.26. The summed E-state index contributed by atoms with van der Waals surface area (Å²) in [6.07, 6.45) is 6.11. The molecule has 0 aliphatic carbocycles. The van der Waals surface area contributed by atoms with Gasteiger partial charge in [0.2, 0.25) is 0 Å². The van der Waals surface area contributed by atoms with Crippen LogP contribution in [-0.4, -0.2) is 18.1 Å². The van der Waals surface area contributed by atoms with Crippen LogP contribution in [0.15, 0.2) is 54.9 Å². The average Bonchev–Trinajstić information content (AvgIpc) is 2.49. The molecule has 2 heteroatoms. The molecule has 19 heavy (non-hydrogen) atoms. The summed E-state index contributed by atoms with van der Waals surface area (Å²) in [5, 5.41) is 3.48. The topological polar surface area (TPSA) is 24.9 Å². The zero-order valence-electron chi connectivity index (χ0n) is 11.5. The van der Waals surface area contributed by atoms with E-state index in [1.165, 1.54) is 17.5 Å². The molecule has 1 heterocycles. The van der Waals surface area contributed by atoms with Gasteiger partial charge in [0, 0.05) is 18.3 Å². The smallest absolute Gasteiger partial charge is 0.0306 e. The minimum atomic E-state index is 0.430. The van der Waals surface area contributed by atoms with Crippen LogP contribution < -0.4 is 5.32 Å². The lowest BCUT2D eigenvalue weighted by Gasteiger charge is -2.18. The Morgan fingerprint density at radius 2 is 1.79 bits per heavy atom. The van der Waals surface area contributed by atoms with Crippen LogP contribution in [0.5, 0.6) is 0 Å². The van der Waals surface area contributed by atoms with E-state index in [0.29, 0.717) is 5.92 Å². The van der Waals surface area contributed by atoms with E-state index in [-0.39, 0.29) is 0 Å². The van der Waals surface area contributed by atoms with Crippen LogP contribution >= 0.6 is 0 Å². The number of nitrogens with zero attached hydrogens (tertiary/aromatic N) is 1. The highest BCUT2D eigenvalue weighted by Gasteiger charge is 2.13. The van der Waals surface area contributed by atoms with Crippen molar-refractivity contribution in [2.24, 2.45) is 0 Å². The highest BCUT2D eigenvalue weighted by Crippen LogP contribution is 2.26. The molecule has 1 unspecified atom stereocenters. The summed E-state index contributed by atoms with van der Waals surface area (Å²) < 4.78 is 0. The van der Waals surface area contributed by atoms with Gasteiger partial charge in [0.1, 0.15) is 0 Å². The summed E-state index contributed by atoms with van der Waals surface area (Å²) >= 11 is 0. The number of aromatic nitrogens is 1. The summed E-state index contributed by atoms with van der Waals surface area (Å²) in [6, 6.07) is 14.9. The minimum absolute atomic E-state index is 0.430. The first-order valence-corrected chi connectivity index (χ1v) is 7.07. The van der Waals surface area contributed by atoms with Crippen LogP contribution in [0.2, 0.25) is 0 Å². The van der Waals surface area contributed by atoms with Crippen molar-refractivity contribution in [1.29, 1.82) is 0 Å². The molecule has 0 saturated carbocycles. The monoisotopic (exact) mass is 254 g/mol. The van der Waals surface area contributed by atoms with Crippen LogP contribution in [-0.2, 0) is 0 Å². The summed E-state index contributed by atoms with van der Waals surface area (Å²) in [5.74, 6) is 0.430. The lowest BCUT2D eigenvalue weighted by atomic mass is 9.89. The molecule has 100 valence electrons. The Labute approximate surface area is 115 Å². The Bertz CT molecular complexity index is 414. The Kier molecular flexibility index (Phi) is 5.57. The largest absolute Gasteiger partial charge is 0.317 e. The molecule has 0 aliphatic heterocycles.